The van der Waals surface area contributed by atoms with Crippen LogP contribution in [0.1, 0.15) is 23.8 Å². The Morgan fingerprint density at radius 3 is 2.80 bits per heavy atom. The molecule has 2 aromatic rings. The van der Waals surface area contributed by atoms with Crippen LogP contribution in [-0.4, -0.2) is 10.8 Å². The number of ether oxygens (including phenoxy) is 1. The van der Waals surface area contributed by atoms with Gasteiger partial charge in [-0.05, 0) is 34.1 Å². The molecule has 0 saturated carbocycles. The van der Waals surface area contributed by atoms with Crippen LogP contribution in [0.25, 0.3) is 0 Å². The highest BCUT2D eigenvalue weighted by Gasteiger charge is 2.10. The van der Waals surface area contributed by atoms with Crippen LogP contribution < -0.4 is 4.74 Å². The Morgan fingerprint density at radius 2 is 2.20 bits per heavy atom. The summed E-state index contributed by atoms with van der Waals surface area (Å²) in [5, 5.41) is 0.00578. The van der Waals surface area contributed by atoms with Crippen LogP contribution in [0, 0.1) is 5.82 Å². The number of hydrogen-bond donors (Lipinski definition) is 0. The lowest BCUT2D eigenvalue weighted by molar-refractivity contribution is 0.0983. The van der Waals surface area contributed by atoms with Crippen molar-refractivity contribution in [2.45, 2.75) is 13.3 Å². The van der Waals surface area contributed by atoms with Gasteiger partial charge in [0.2, 0.25) is 0 Å². The molecule has 0 unspecified atom stereocenters. The zero-order chi connectivity index (χ0) is 14.7. The average molecular weight is 359 g/mol. The number of rotatable bonds is 4. The van der Waals surface area contributed by atoms with Crippen molar-refractivity contribution in [3.63, 3.8) is 0 Å². The van der Waals surface area contributed by atoms with E-state index in [0.29, 0.717) is 22.3 Å². The maximum Gasteiger partial charge on any atom is 0.180 e. The van der Waals surface area contributed by atoms with Crippen LogP contribution in [0.15, 0.2) is 34.9 Å². The third kappa shape index (κ3) is 3.35. The first kappa shape index (κ1) is 14.9. The number of Topliss-reactive ketones (excluding diaryl/α,β-unsaturated/α-hetero) is 1. The first-order valence-corrected chi connectivity index (χ1v) is 7.00. The van der Waals surface area contributed by atoms with Gasteiger partial charge in [-0.25, -0.2) is 9.37 Å². The van der Waals surface area contributed by atoms with Crippen molar-refractivity contribution >= 4 is 33.3 Å². The number of aromatic nitrogens is 1. The highest BCUT2D eigenvalue weighted by Crippen LogP contribution is 2.33. The summed E-state index contributed by atoms with van der Waals surface area (Å²) in [5.41, 5.74) is 0.376. The lowest BCUT2D eigenvalue weighted by Gasteiger charge is -2.08. The molecule has 2 rings (SSSR count). The second-order valence-corrected chi connectivity index (χ2v) is 5.22. The van der Waals surface area contributed by atoms with Crippen LogP contribution in [-0.2, 0) is 0 Å². The van der Waals surface area contributed by atoms with Crippen LogP contribution in [0.5, 0.6) is 11.5 Å². The Kier molecular flexibility index (Phi) is 4.73. The summed E-state index contributed by atoms with van der Waals surface area (Å²) < 4.78 is 19.4. The molecular formula is C14H10BrClFNO2. The number of pyridine rings is 1. The minimum Gasteiger partial charge on any atom is -0.454 e. The fraction of sp³-hybridized carbons (Fsp3) is 0.143. The third-order valence-corrected chi connectivity index (χ3v) is 3.46. The van der Waals surface area contributed by atoms with Gasteiger partial charge in [-0.3, -0.25) is 4.79 Å². The molecule has 0 amide bonds. The topological polar surface area (TPSA) is 39.2 Å². The predicted octanol–water partition coefficient (Wildman–Crippen LogP) is 5.02. The van der Waals surface area contributed by atoms with Crippen molar-refractivity contribution < 1.29 is 13.9 Å². The van der Waals surface area contributed by atoms with Gasteiger partial charge in [0, 0.05) is 12.5 Å². The van der Waals surface area contributed by atoms with Crippen molar-refractivity contribution in [2.24, 2.45) is 0 Å². The standard InChI is InChI=1S/C14H10BrClFNO2/c1-2-13(19)12-4-3-8(7-18-12)20-14-6-11(17)10(16)5-9(14)15/h3-7H,2H2,1H3. The van der Waals surface area contributed by atoms with E-state index in [9.17, 15) is 9.18 Å². The van der Waals surface area contributed by atoms with Gasteiger partial charge >= 0.3 is 0 Å². The maximum atomic E-state index is 13.4. The van der Waals surface area contributed by atoms with Gasteiger partial charge in [0.25, 0.3) is 0 Å². The molecule has 0 aliphatic carbocycles. The highest BCUT2D eigenvalue weighted by atomic mass is 79.9. The van der Waals surface area contributed by atoms with Gasteiger partial charge in [0.15, 0.2) is 5.78 Å². The number of nitrogens with zero attached hydrogens (tertiary/aromatic N) is 1. The quantitative estimate of drug-likeness (QED) is 0.569. The first-order valence-electron chi connectivity index (χ1n) is 5.83. The Hall–Kier alpha value is -1.46. The minimum absolute atomic E-state index is 0.00578. The lowest BCUT2D eigenvalue weighted by atomic mass is 10.2. The summed E-state index contributed by atoms with van der Waals surface area (Å²) in [6.45, 7) is 1.77. The van der Waals surface area contributed by atoms with E-state index in [1.54, 1.807) is 19.1 Å². The summed E-state index contributed by atoms with van der Waals surface area (Å²) in [4.78, 5) is 15.4. The van der Waals surface area contributed by atoms with Crippen molar-refractivity contribution in [3.05, 3.63) is 51.5 Å². The van der Waals surface area contributed by atoms with Gasteiger partial charge < -0.3 is 4.74 Å². The molecule has 1 aromatic heterocycles. The van der Waals surface area contributed by atoms with E-state index in [4.69, 9.17) is 16.3 Å². The van der Waals surface area contributed by atoms with E-state index in [1.807, 2.05) is 0 Å². The van der Waals surface area contributed by atoms with Crippen molar-refractivity contribution in [3.8, 4) is 11.5 Å². The second kappa shape index (κ2) is 6.33. The van der Waals surface area contributed by atoms with Crippen molar-refractivity contribution in [1.82, 2.24) is 4.98 Å². The van der Waals surface area contributed by atoms with Crippen molar-refractivity contribution in [2.75, 3.05) is 0 Å². The lowest BCUT2D eigenvalue weighted by Crippen LogP contribution is -1.99. The van der Waals surface area contributed by atoms with Gasteiger partial charge in [-0.1, -0.05) is 18.5 Å². The van der Waals surface area contributed by atoms with E-state index < -0.39 is 5.82 Å². The Bertz CT molecular complexity index is 646. The minimum atomic E-state index is -0.574. The second-order valence-electron chi connectivity index (χ2n) is 3.95. The zero-order valence-electron chi connectivity index (χ0n) is 10.5. The SMILES string of the molecule is CCC(=O)c1ccc(Oc2cc(F)c(Cl)cc2Br)cn1. The van der Waals surface area contributed by atoms with E-state index in [0.717, 1.165) is 0 Å². The summed E-state index contributed by atoms with van der Waals surface area (Å²) in [6, 6.07) is 5.77. The van der Waals surface area contributed by atoms with E-state index in [1.165, 1.54) is 18.3 Å². The zero-order valence-corrected chi connectivity index (χ0v) is 12.8. The molecule has 3 nitrogen and oxygen atoms in total. The van der Waals surface area contributed by atoms with Crippen LogP contribution in [0.3, 0.4) is 0 Å². The van der Waals surface area contributed by atoms with Crippen molar-refractivity contribution in [1.29, 1.82) is 0 Å². The summed E-state index contributed by atoms with van der Waals surface area (Å²) >= 11 is 8.89. The van der Waals surface area contributed by atoms with Crippen LogP contribution in [0.4, 0.5) is 4.39 Å². The Balaban J connectivity index is 2.22. The fourth-order valence-corrected chi connectivity index (χ4v) is 2.22. The summed E-state index contributed by atoms with van der Waals surface area (Å²) in [5.74, 6) is 0.0641. The molecule has 0 aliphatic heterocycles. The molecule has 0 radical (unpaired) electrons. The predicted molar refractivity (Wildman–Crippen MR) is 78.0 cm³/mol. The van der Waals surface area contributed by atoms with E-state index in [2.05, 4.69) is 20.9 Å². The molecule has 0 N–H and O–H groups in total. The average Bonchev–Trinajstić information content (AvgIpc) is 2.44. The normalized spacial score (nSPS) is 10.4. The van der Waals surface area contributed by atoms with Gasteiger partial charge in [0.05, 0.1) is 15.7 Å². The number of carbonyl (C=O) groups excluding carboxylic acids is 1. The molecule has 6 heteroatoms. The summed E-state index contributed by atoms with van der Waals surface area (Å²) in [6.07, 6.45) is 1.81. The number of halogens is 3. The molecule has 0 fully saturated rings. The molecule has 0 saturated heterocycles. The molecule has 0 atom stereocenters. The molecule has 0 bridgehead atoms. The third-order valence-electron chi connectivity index (χ3n) is 2.55. The number of carbonyl (C=O) groups is 1. The number of ketones is 1. The maximum absolute atomic E-state index is 13.4. The molecular weight excluding hydrogens is 349 g/mol. The van der Waals surface area contributed by atoms with Gasteiger partial charge in [-0.2, -0.15) is 0 Å². The Labute approximate surface area is 128 Å². The largest absolute Gasteiger partial charge is 0.454 e. The van der Waals surface area contributed by atoms with Gasteiger partial charge in [0.1, 0.15) is 23.0 Å². The molecule has 0 spiro atoms. The van der Waals surface area contributed by atoms with Crippen LogP contribution >= 0.6 is 27.5 Å². The fourth-order valence-electron chi connectivity index (χ4n) is 1.50. The van der Waals surface area contributed by atoms with Crippen LogP contribution in [0.2, 0.25) is 5.02 Å². The smallest absolute Gasteiger partial charge is 0.180 e. The summed E-state index contributed by atoms with van der Waals surface area (Å²) in [7, 11) is 0. The highest BCUT2D eigenvalue weighted by molar-refractivity contribution is 9.10. The first-order chi connectivity index (χ1) is 9.51. The molecule has 1 aromatic carbocycles. The number of benzene rings is 1. The van der Waals surface area contributed by atoms with E-state index in [-0.39, 0.29) is 16.6 Å². The number of hydrogen-bond acceptors (Lipinski definition) is 3. The van der Waals surface area contributed by atoms with Gasteiger partial charge in [-0.15, -0.1) is 0 Å². The molecule has 0 aliphatic rings. The molecule has 1 heterocycles. The Morgan fingerprint density at radius 1 is 1.45 bits per heavy atom. The van der Waals surface area contributed by atoms with E-state index >= 15 is 0 Å². The monoisotopic (exact) mass is 357 g/mol. The molecule has 104 valence electrons. The molecule has 20 heavy (non-hydrogen) atoms.